The first kappa shape index (κ1) is 21.7. The number of unbranched alkanes of at least 4 members (excludes halogenated alkanes) is 9. The molecule has 0 unspecified atom stereocenters. The van der Waals surface area contributed by atoms with Gasteiger partial charge in [0.1, 0.15) is 0 Å². The van der Waals surface area contributed by atoms with Crippen LogP contribution >= 0.6 is 0 Å². The minimum atomic E-state index is -0.408. The number of methoxy groups -OCH3 is 1. The molecular formula is C18H35NO4. The van der Waals surface area contributed by atoms with Crippen molar-refractivity contribution >= 4 is 12.1 Å². The third kappa shape index (κ3) is 16.9. The van der Waals surface area contributed by atoms with E-state index in [-0.39, 0.29) is 5.97 Å². The molecule has 136 valence electrons. The number of nitrogens with one attached hydrogen (secondary N) is 1. The van der Waals surface area contributed by atoms with Crippen LogP contribution in [0.5, 0.6) is 0 Å². The van der Waals surface area contributed by atoms with Crippen LogP contribution < -0.4 is 5.32 Å². The predicted octanol–water partition coefficient (Wildman–Crippen LogP) is 4.59. The Hall–Kier alpha value is -1.26. The third-order valence-corrected chi connectivity index (χ3v) is 3.77. The minimum absolute atomic E-state index is 0.103. The Morgan fingerprint density at radius 1 is 0.826 bits per heavy atom. The Labute approximate surface area is 141 Å². The highest BCUT2D eigenvalue weighted by Gasteiger charge is 2.03. The van der Waals surface area contributed by atoms with Crippen molar-refractivity contribution in [3.63, 3.8) is 0 Å². The number of rotatable bonds is 15. The lowest BCUT2D eigenvalue weighted by Crippen LogP contribution is -2.23. The average Bonchev–Trinajstić information content (AvgIpc) is 2.56. The zero-order valence-electron chi connectivity index (χ0n) is 15.0. The van der Waals surface area contributed by atoms with E-state index in [0.717, 1.165) is 32.1 Å². The number of hydrogen-bond donors (Lipinski definition) is 1. The van der Waals surface area contributed by atoms with Crippen LogP contribution in [0, 0.1) is 0 Å². The summed E-state index contributed by atoms with van der Waals surface area (Å²) >= 11 is 0. The summed E-state index contributed by atoms with van der Waals surface area (Å²) in [4.78, 5) is 22.3. The van der Waals surface area contributed by atoms with Gasteiger partial charge in [0.2, 0.25) is 0 Å². The molecule has 5 nitrogen and oxygen atoms in total. The van der Waals surface area contributed by atoms with E-state index in [1.165, 1.54) is 45.6 Å². The van der Waals surface area contributed by atoms with Gasteiger partial charge in [-0.05, 0) is 19.3 Å². The Balaban J connectivity index is 3.20. The molecule has 0 spiro atoms. The molecule has 0 aliphatic heterocycles. The maximum absolute atomic E-state index is 11.5. The number of carbonyl (C=O) groups is 2. The quantitative estimate of drug-likeness (QED) is 0.352. The lowest BCUT2D eigenvalue weighted by Gasteiger charge is -2.06. The van der Waals surface area contributed by atoms with Crippen LogP contribution in [-0.4, -0.2) is 32.3 Å². The number of ether oxygens (including phenoxy) is 2. The monoisotopic (exact) mass is 329 g/mol. The molecule has 0 heterocycles. The molecule has 0 aliphatic carbocycles. The molecule has 0 saturated carbocycles. The van der Waals surface area contributed by atoms with Gasteiger partial charge < -0.3 is 14.8 Å². The lowest BCUT2D eigenvalue weighted by molar-refractivity contribution is -0.143. The Kier molecular flexibility index (Phi) is 16.2. The SMILES string of the molecule is CCCCCCCCCCOC(=O)CCCCCNC(=O)OC. The van der Waals surface area contributed by atoms with Crippen molar-refractivity contribution < 1.29 is 19.1 Å². The molecule has 0 radical (unpaired) electrons. The second kappa shape index (κ2) is 17.1. The minimum Gasteiger partial charge on any atom is -0.466 e. The third-order valence-electron chi connectivity index (χ3n) is 3.77. The zero-order valence-corrected chi connectivity index (χ0v) is 15.0. The van der Waals surface area contributed by atoms with Crippen LogP contribution in [0.3, 0.4) is 0 Å². The zero-order chi connectivity index (χ0) is 17.2. The Morgan fingerprint density at radius 3 is 2.09 bits per heavy atom. The Bertz CT molecular complexity index is 295. The second-order valence-corrected chi connectivity index (χ2v) is 5.92. The number of carbonyl (C=O) groups excluding carboxylic acids is 2. The van der Waals surface area contributed by atoms with Gasteiger partial charge in [0.05, 0.1) is 13.7 Å². The summed E-state index contributed by atoms with van der Waals surface area (Å²) in [5.74, 6) is -0.103. The summed E-state index contributed by atoms with van der Waals surface area (Å²) in [7, 11) is 1.35. The summed E-state index contributed by atoms with van der Waals surface area (Å²) in [6, 6.07) is 0. The molecular weight excluding hydrogens is 294 g/mol. The van der Waals surface area contributed by atoms with E-state index >= 15 is 0 Å². The molecule has 5 heteroatoms. The van der Waals surface area contributed by atoms with Crippen molar-refractivity contribution in [2.75, 3.05) is 20.3 Å². The van der Waals surface area contributed by atoms with Crippen LogP contribution in [0.15, 0.2) is 0 Å². The normalized spacial score (nSPS) is 10.3. The molecule has 0 aromatic heterocycles. The van der Waals surface area contributed by atoms with Crippen LogP contribution in [0.4, 0.5) is 4.79 Å². The predicted molar refractivity (Wildman–Crippen MR) is 92.4 cm³/mol. The highest BCUT2D eigenvalue weighted by atomic mass is 16.5. The van der Waals surface area contributed by atoms with Crippen molar-refractivity contribution in [1.82, 2.24) is 5.32 Å². The first-order valence-corrected chi connectivity index (χ1v) is 9.18. The fraction of sp³-hybridized carbons (Fsp3) is 0.889. The number of alkyl carbamates (subject to hydrolysis) is 1. The average molecular weight is 329 g/mol. The second-order valence-electron chi connectivity index (χ2n) is 5.92. The maximum atomic E-state index is 11.5. The van der Waals surface area contributed by atoms with Gasteiger partial charge in [-0.1, -0.05) is 58.3 Å². The molecule has 0 aromatic rings. The summed E-state index contributed by atoms with van der Waals surface area (Å²) in [6.07, 6.45) is 12.6. The summed E-state index contributed by atoms with van der Waals surface area (Å²) in [6.45, 7) is 3.37. The van der Waals surface area contributed by atoms with Gasteiger partial charge in [-0.2, -0.15) is 0 Å². The van der Waals surface area contributed by atoms with Crippen molar-refractivity contribution in [3.8, 4) is 0 Å². The molecule has 0 fully saturated rings. The number of esters is 1. The fourth-order valence-corrected chi connectivity index (χ4v) is 2.33. The van der Waals surface area contributed by atoms with Crippen molar-refractivity contribution in [2.24, 2.45) is 0 Å². The molecule has 1 amide bonds. The van der Waals surface area contributed by atoms with Crippen molar-refractivity contribution in [2.45, 2.75) is 84.0 Å². The van der Waals surface area contributed by atoms with Gasteiger partial charge in [-0.25, -0.2) is 4.79 Å². The summed E-state index contributed by atoms with van der Waals surface area (Å²) in [5, 5.41) is 2.61. The van der Waals surface area contributed by atoms with E-state index in [1.54, 1.807) is 0 Å². The Morgan fingerprint density at radius 2 is 1.43 bits per heavy atom. The van der Waals surface area contributed by atoms with Gasteiger partial charge in [0.15, 0.2) is 0 Å². The fourth-order valence-electron chi connectivity index (χ4n) is 2.33. The molecule has 0 saturated heterocycles. The van der Waals surface area contributed by atoms with Gasteiger partial charge in [-0.3, -0.25) is 4.79 Å². The standard InChI is InChI=1S/C18H35NO4/c1-3-4-5-6-7-8-9-13-16-23-17(20)14-11-10-12-15-19-18(21)22-2/h3-16H2,1-2H3,(H,19,21). The van der Waals surface area contributed by atoms with E-state index < -0.39 is 6.09 Å². The van der Waals surface area contributed by atoms with Gasteiger partial charge in [0.25, 0.3) is 0 Å². The topological polar surface area (TPSA) is 64.6 Å². The van der Waals surface area contributed by atoms with Gasteiger partial charge in [-0.15, -0.1) is 0 Å². The van der Waals surface area contributed by atoms with E-state index in [4.69, 9.17) is 4.74 Å². The number of amides is 1. The van der Waals surface area contributed by atoms with E-state index in [2.05, 4.69) is 17.0 Å². The van der Waals surface area contributed by atoms with Crippen molar-refractivity contribution in [1.29, 1.82) is 0 Å². The largest absolute Gasteiger partial charge is 0.466 e. The highest BCUT2D eigenvalue weighted by molar-refractivity contribution is 5.69. The maximum Gasteiger partial charge on any atom is 0.406 e. The lowest BCUT2D eigenvalue weighted by atomic mass is 10.1. The van der Waals surface area contributed by atoms with Crippen LogP contribution in [0.25, 0.3) is 0 Å². The molecule has 0 aliphatic rings. The van der Waals surface area contributed by atoms with E-state index in [9.17, 15) is 9.59 Å². The smallest absolute Gasteiger partial charge is 0.406 e. The first-order valence-electron chi connectivity index (χ1n) is 9.18. The van der Waals surface area contributed by atoms with E-state index in [0.29, 0.717) is 19.6 Å². The molecule has 0 aromatic carbocycles. The molecule has 23 heavy (non-hydrogen) atoms. The molecule has 1 N–H and O–H groups in total. The highest BCUT2D eigenvalue weighted by Crippen LogP contribution is 2.08. The van der Waals surface area contributed by atoms with Crippen LogP contribution in [0.1, 0.15) is 84.0 Å². The van der Waals surface area contributed by atoms with E-state index in [1.807, 2.05) is 0 Å². The van der Waals surface area contributed by atoms with Crippen LogP contribution in [0.2, 0.25) is 0 Å². The summed E-state index contributed by atoms with van der Waals surface area (Å²) in [5.41, 5.74) is 0. The van der Waals surface area contributed by atoms with Crippen LogP contribution in [-0.2, 0) is 14.3 Å². The first-order chi connectivity index (χ1) is 11.2. The van der Waals surface area contributed by atoms with Crippen molar-refractivity contribution in [3.05, 3.63) is 0 Å². The molecule has 0 bridgehead atoms. The summed E-state index contributed by atoms with van der Waals surface area (Å²) < 4.78 is 9.69. The molecule has 0 rings (SSSR count). The number of hydrogen-bond acceptors (Lipinski definition) is 4. The van der Waals surface area contributed by atoms with Gasteiger partial charge in [0, 0.05) is 13.0 Å². The van der Waals surface area contributed by atoms with Gasteiger partial charge >= 0.3 is 12.1 Å². The molecule has 0 atom stereocenters.